The molecule has 3 heterocycles. The summed E-state index contributed by atoms with van der Waals surface area (Å²) >= 11 is 0. The van der Waals surface area contributed by atoms with Gasteiger partial charge < -0.3 is 0 Å². The Morgan fingerprint density at radius 2 is 2.11 bits per heavy atom. The predicted molar refractivity (Wildman–Crippen MR) is 71.7 cm³/mol. The van der Waals surface area contributed by atoms with Gasteiger partial charge in [-0.3, -0.25) is 4.90 Å². The largest absolute Gasteiger partial charge is 0.298 e. The first-order valence-corrected chi connectivity index (χ1v) is 6.69. The highest BCUT2D eigenvalue weighted by Gasteiger charge is 2.23. The molecule has 3 rings (SSSR count). The molecule has 1 aliphatic heterocycles. The van der Waals surface area contributed by atoms with E-state index < -0.39 is 0 Å². The van der Waals surface area contributed by atoms with Crippen LogP contribution in [-0.2, 0) is 0 Å². The molecule has 0 aliphatic carbocycles. The Labute approximate surface area is 108 Å². The van der Waals surface area contributed by atoms with E-state index in [1.54, 1.807) is 0 Å². The monoisotopic (exact) mass is 244 g/mol. The number of piperidine rings is 1. The molecule has 2 aromatic rings. The van der Waals surface area contributed by atoms with Crippen LogP contribution in [-0.4, -0.2) is 33.1 Å². The highest BCUT2D eigenvalue weighted by molar-refractivity contribution is 5.42. The first-order chi connectivity index (χ1) is 8.65. The maximum Gasteiger partial charge on any atom is 0.155 e. The zero-order valence-corrected chi connectivity index (χ0v) is 11.3. The third-order valence-corrected chi connectivity index (χ3v) is 4.02. The quantitative estimate of drug-likeness (QED) is 0.773. The molecule has 96 valence electrons. The van der Waals surface area contributed by atoms with Gasteiger partial charge in [-0.25, -0.2) is 9.50 Å². The van der Waals surface area contributed by atoms with Gasteiger partial charge in [0.2, 0.25) is 0 Å². The summed E-state index contributed by atoms with van der Waals surface area (Å²) in [6.07, 6.45) is 5.88. The smallest absolute Gasteiger partial charge is 0.155 e. The molecule has 0 bridgehead atoms. The number of rotatable bonds is 1. The lowest BCUT2D eigenvalue weighted by molar-refractivity contribution is 0.183. The molecule has 18 heavy (non-hydrogen) atoms. The molecule has 0 amide bonds. The summed E-state index contributed by atoms with van der Waals surface area (Å²) in [7, 11) is 2.19. The van der Waals surface area contributed by atoms with Crippen LogP contribution in [0.3, 0.4) is 0 Å². The Bertz CT molecular complexity index is 533. The summed E-state index contributed by atoms with van der Waals surface area (Å²) in [5.41, 5.74) is 4.40. The number of hydrogen-bond donors (Lipinski definition) is 0. The van der Waals surface area contributed by atoms with E-state index in [1.165, 1.54) is 31.4 Å². The summed E-state index contributed by atoms with van der Waals surface area (Å²) < 4.78 is 1.92. The lowest BCUT2D eigenvalue weighted by atomic mass is 10.0. The molecule has 2 aromatic heterocycles. The van der Waals surface area contributed by atoms with Gasteiger partial charge >= 0.3 is 0 Å². The Balaban J connectivity index is 2.02. The van der Waals surface area contributed by atoms with Crippen molar-refractivity contribution in [1.82, 2.24) is 19.5 Å². The second kappa shape index (κ2) is 4.35. The molecule has 0 spiro atoms. The number of likely N-dealkylation sites (tertiary alicyclic amines) is 1. The normalized spacial score (nSPS) is 21.6. The van der Waals surface area contributed by atoms with Gasteiger partial charge in [-0.15, -0.1) is 0 Å². The average molecular weight is 244 g/mol. The van der Waals surface area contributed by atoms with E-state index in [1.807, 2.05) is 4.52 Å². The topological polar surface area (TPSA) is 33.4 Å². The minimum absolute atomic E-state index is 0.459. The van der Waals surface area contributed by atoms with Crippen LogP contribution in [0.1, 0.15) is 42.3 Å². The lowest BCUT2D eigenvalue weighted by Crippen LogP contribution is -2.29. The third kappa shape index (κ3) is 1.90. The van der Waals surface area contributed by atoms with Crippen molar-refractivity contribution in [2.45, 2.75) is 39.2 Å². The first kappa shape index (κ1) is 11.7. The molecule has 0 unspecified atom stereocenters. The molecule has 1 atom stereocenters. The van der Waals surface area contributed by atoms with Gasteiger partial charge in [0, 0.05) is 18.0 Å². The molecule has 4 heteroatoms. The number of fused-ring (bicyclic) bond motifs is 1. The highest BCUT2D eigenvalue weighted by Crippen LogP contribution is 2.29. The van der Waals surface area contributed by atoms with Crippen molar-refractivity contribution < 1.29 is 0 Å². The van der Waals surface area contributed by atoms with Crippen LogP contribution in [0.15, 0.2) is 12.3 Å². The van der Waals surface area contributed by atoms with Crippen molar-refractivity contribution in [1.29, 1.82) is 0 Å². The van der Waals surface area contributed by atoms with Crippen molar-refractivity contribution in [3.05, 3.63) is 29.2 Å². The van der Waals surface area contributed by atoms with Crippen LogP contribution >= 0.6 is 0 Å². The zero-order chi connectivity index (χ0) is 12.7. The Kier molecular flexibility index (Phi) is 2.82. The van der Waals surface area contributed by atoms with Gasteiger partial charge in [-0.1, -0.05) is 6.42 Å². The Hall–Kier alpha value is -1.42. The summed E-state index contributed by atoms with van der Waals surface area (Å²) in [5, 5.41) is 4.70. The van der Waals surface area contributed by atoms with Crippen LogP contribution < -0.4 is 0 Å². The van der Waals surface area contributed by atoms with E-state index in [0.717, 1.165) is 17.0 Å². The fraction of sp³-hybridized carbons (Fsp3) is 0.571. The number of aryl methyl sites for hydroxylation is 2. The van der Waals surface area contributed by atoms with Crippen LogP contribution in [0.5, 0.6) is 0 Å². The summed E-state index contributed by atoms with van der Waals surface area (Å²) in [4.78, 5) is 7.01. The van der Waals surface area contributed by atoms with E-state index in [9.17, 15) is 0 Å². The molecular weight excluding hydrogens is 224 g/mol. The van der Waals surface area contributed by atoms with E-state index in [2.05, 4.69) is 43.0 Å². The standard InChI is InChI=1S/C14H20N4/c1-10-9-18-14(15-11(10)2)8-12(16-18)13-6-4-5-7-17(13)3/h8-9,13H,4-7H2,1-3H3/t13-/m0/s1. The fourth-order valence-electron chi connectivity index (χ4n) is 2.73. The van der Waals surface area contributed by atoms with E-state index in [4.69, 9.17) is 5.10 Å². The van der Waals surface area contributed by atoms with Gasteiger partial charge in [0.1, 0.15) is 0 Å². The van der Waals surface area contributed by atoms with E-state index >= 15 is 0 Å². The maximum absolute atomic E-state index is 4.70. The highest BCUT2D eigenvalue weighted by atomic mass is 15.3. The van der Waals surface area contributed by atoms with Gasteiger partial charge in [-0.05, 0) is 45.8 Å². The molecule has 0 N–H and O–H groups in total. The van der Waals surface area contributed by atoms with Gasteiger partial charge in [-0.2, -0.15) is 5.10 Å². The molecule has 1 saturated heterocycles. The van der Waals surface area contributed by atoms with Crippen molar-refractivity contribution in [2.75, 3.05) is 13.6 Å². The summed E-state index contributed by atoms with van der Waals surface area (Å²) in [5.74, 6) is 0. The second-order valence-corrected chi connectivity index (χ2v) is 5.37. The van der Waals surface area contributed by atoms with Crippen LogP contribution in [0.4, 0.5) is 0 Å². The summed E-state index contributed by atoms with van der Waals surface area (Å²) in [6, 6.07) is 2.60. The molecule has 0 aromatic carbocycles. The van der Waals surface area contributed by atoms with Crippen molar-refractivity contribution >= 4 is 5.65 Å². The summed E-state index contributed by atoms with van der Waals surface area (Å²) in [6.45, 7) is 5.30. The fourth-order valence-corrected chi connectivity index (χ4v) is 2.73. The Morgan fingerprint density at radius 3 is 2.89 bits per heavy atom. The maximum atomic E-state index is 4.70. The molecule has 0 saturated carbocycles. The SMILES string of the molecule is Cc1cn2nc([C@@H]3CCCCN3C)cc2nc1C. The molecule has 1 fully saturated rings. The molecule has 4 nitrogen and oxygen atoms in total. The van der Waals surface area contributed by atoms with E-state index in [0.29, 0.717) is 6.04 Å². The third-order valence-electron chi connectivity index (χ3n) is 4.02. The Morgan fingerprint density at radius 1 is 1.28 bits per heavy atom. The molecule has 0 radical (unpaired) electrons. The lowest BCUT2D eigenvalue weighted by Gasteiger charge is -2.30. The predicted octanol–water partition coefficient (Wildman–Crippen LogP) is 2.50. The number of aromatic nitrogens is 3. The van der Waals surface area contributed by atoms with Gasteiger partial charge in [0.25, 0.3) is 0 Å². The van der Waals surface area contributed by atoms with Crippen LogP contribution in [0.2, 0.25) is 0 Å². The molecule has 1 aliphatic rings. The minimum atomic E-state index is 0.459. The van der Waals surface area contributed by atoms with Gasteiger partial charge in [0.05, 0.1) is 11.7 Å². The minimum Gasteiger partial charge on any atom is -0.298 e. The van der Waals surface area contributed by atoms with Crippen molar-refractivity contribution in [3.8, 4) is 0 Å². The first-order valence-electron chi connectivity index (χ1n) is 6.69. The van der Waals surface area contributed by atoms with Crippen LogP contribution in [0.25, 0.3) is 5.65 Å². The van der Waals surface area contributed by atoms with Gasteiger partial charge in [0.15, 0.2) is 5.65 Å². The average Bonchev–Trinajstić information content (AvgIpc) is 2.73. The molecular formula is C14H20N4. The van der Waals surface area contributed by atoms with Crippen molar-refractivity contribution in [3.63, 3.8) is 0 Å². The van der Waals surface area contributed by atoms with Crippen LogP contribution in [0, 0.1) is 13.8 Å². The zero-order valence-electron chi connectivity index (χ0n) is 11.3. The van der Waals surface area contributed by atoms with Crippen molar-refractivity contribution in [2.24, 2.45) is 0 Å². The second-order valence-electron chi connectivity index (χ2n) is 5.37. The van der Waals surface area contributed by atoms with E-state index in [-0.39, 0.29) is 0 Å². The number of nitrogens with zero attached hydrogens (tertiary/aromatic N) is 4. The number of hydrogen-bond acceptors (Lipinski definition) is 3.